The van der Waals surface area contributed by atoms with Crippen molar-refractivity contribution in [3.8, 4) is 5.75 Å². The van der Waals surface area contributed by atoms with Gasteiger partial charge in [-0.2, -0.15) is 0 Å². The summed E-state index contributed by atoms with van der Waals surface area (Å²) in [5.74, 6) is 0.0552. The van der Waals surface area contributed by atoms with Gasteiger partial charge in [0, 0.05) is 6.04 Å². The lowest BCUT2D eigenvalue weighted by Gasteiger charge is -2.10. The monoisotopic (exact) mass is 262 g/mol. The fourth-order valence-electron chi connectivity index (χ4n) is 1.76. The molecule has 5 nitrogen and oxygen atoms in total. The first-order valence-electron chi connectivity index (χ1n) is 6.32. The van der Waals surface area contributed by atoms with E-state index in [4.69, 9.17) is 4.74 Å². The second kappa shape index (κ2) is 5.73. The topological polar surface area (TPSA) is 67.4 Å². The lowest BCUT2D eigenvalue weighted by Crippen LogP contribution is -2.37. The Morgan fingerprint density at radius 3 is 2.74 bits per heavy atom. The predicted molar refractivity (Wildman–Crippen MR) is 71.2 cm³/mol. The van der Waals surface area contributed by atoms with Crippen molar-refractivity contribution in [2.75, 3.05) is 13.7 Å². The van der Waals surface area contributed by atoms with E-state index in [-0.39, 0.29) is 18.4 Å². The van der Waals surface area contributed by atoms with Gasteiger partial charge in [0.2, 0.25) is 5.91 Å². The maximum atomic E-state index is 12.0. The molecule has 1 fully saturated rings. The molecule has 102 valence electrons. The van der Waals surface area contributed by atoms with Crippen molar-refractivity contribution in [3.05, 3.63) is 29.3 Å². The van der Waals surface area contributed by atoms with Crippen molar-refractivity contribution in [1.82, 2.24) is 10.6 Å². The highest BCUT2D eigenvalue weighted by Crippen LogP contribution is 2.19. The minimum Gasteiger partial charge on any atom is -0.496 e. The molecule has 2 N–H and O–H groups in total. The second-order valence-electron chi connectivity index (χ2n) is 4.73. The number of methoxy groups -OCH3 is 1. The summed E-state index contributed by atoms with van der Waals surface area (Å²) in [6.07, 6.45) is 2.07. The molecule has 1 aliphatic carbocycles. The predicted octanol–water partition coefficient (Wildman–Crippen LogP) is 1.01. The average molecular weight is 262 g/mol. The molecule has 0 aliphatic heterocycles. The van der Waals surface area contributed by atoms with Crippen LogP contribution in [-0.4, -0.2) is 31.5 Å². The number of carbonyl (C=O) groups excluding carboxylic acids is 2. The van der Waals surface area contributed by atoms with Gasteiger partial charge in [0.05, 0.1) is 19.2 Å². The minimum absolute atomic E-state index is 0.00751. The van der Waals surface area contributed by atoms with Crippen molar-refractivity contribution < 1.29 is 14.3 Å². The Kier molecular flexibility index (Phi) is 4.04. The van der Waals surface area contributed by atoms with Gasteiger partial charge >= 0.3 is 0 Å². The van der Waals surface area contributed by atoms with Gasteiger partial charge in [-0.15, -0.1) is 0 Å². The molecule has 0 bridgehead atoms. The summed E-state index contributed by atoms with van der Waals surface area (Å²) >= 11 is 0. The third-order valence-electron chi connectivity index (χ3n) is 2.95. The number of hydrogen-bond acceptors (Lipinski definition) is 3. The van der Waals surface area contributed by atoms with Gasteiger partial charge in [-0.1, -0.05) is 11.6 Å². The highest BCUT2D eigenvalue weighted by molar-refractivity contribution is 5.99. The molecular weight excluding hydrogens is 244 g/mol. The summed E-state index contributed by atoms with van der Waals surface area (Å²) in [6.45, 7) is 1.89. The van der Waals surface area contributed by atoms with E-state index in [1.54, 1.807) is 12.1 Å². The van der Waals surface area contributed by atoms with Crippen LogP contribution in [0.1, 0.15) is 28.8 Å². The van der Waals surface area contributed by atoms with E-state index in [0.717, 1.165) is 18.4 Å². The third-order valence-corrected chi connectivity index (χ3v) is 2.95. The van der Waals surface area contributed by atoms with Crippen molar-refractivity contribution in [3.63, 3.8) is 0 Å². The SMILES string of the molecule is COc1ccc(C)cc1C(=O)NCC(=O)NC1CC1. The van der Waals surface area contributed by atoms with E-state index in [1.807, 2.05) is 13.0 Å². The van der Waals surface area contributed by atoms with Crippen LogP contribution in [0.15, 0.2) is 18.2 Å². The molecule has 0 saturated heterocycles. The minimum atomic E-state index is -0.300. The summed E-state index contributed by atoms with van der Waals surface area (Å²) in [4.78, 5) is 23.5. The zero-order valence-electron chi connectivity index (χ0n) is 11.2. The van der Waals surface area contributed by atoms with Gasteiger partial charge in [0.1, 0.15) is 5.75 Å². The van der Waals surface area contributed by atoms with Gasteiger partial charge in [-0.3, -0.25) is 9.59 Å². The molecule has 2 amide bonds. The molecule has 0 unspecified atom stereocenters. The Balaban J connectivity index is 1.94. The Hall–Kier alpha value is -2.04. The first kappa shape index (κ1) is 13.4. The smallest absolute Gasteiger partial charge is 0.255 e. The van der Waals surface area contributed by atoms with Gasteiger partial charge in [0.15, 0.2) is 0 Å². The van der Waals surface area contributed by atoms with Gasteiger partial charge in [0.25, 0.3) is 5.91 Å². The van der Waals surface area contributed by atoms with Crippen LogP contribution >= 0.6 is 0 Å². The van der Waals surface area contributed by atoms with E-state index in [0.29, 0.717) is 17.4 Å². The fourth-order valence-corrected chi connectivity index (χ4v) is 1.76. The maximum absolute atomic E-state index is 12.0. The van der Waals surface area contributed by atoms with Crippen LogP contribution in [0.5, 0.6) is 5.75 Å². The number of rotatable bonds is 5. The Morgan fingerprint density at radius 2 is 2.11 bits per heavy atom. The molecule has 2 rings (SSSR count). The number of nitrogens with one attached hydrogen (secondary N) is 2. The standard InChI is InChI=1S/C14H18N2O3/c1-9-3-6-12(19-2)11(7-9)14(18)15-8-13(17)16-10-4-5-10/h3,6-7,10H,4-5,8H2,1-2H3,(H,15,18)(H,16,17). The van der Waals surface area contributed by atoms with Crippen LogP contribution in [-0.2, 0) is 4.79 Å². The first-order chi connectivity index (χ1) is 9.10. The Labute approximate surface area is 112 Å². The zero-order valence-corrected chi connectivity index (χ0v) is 11.2. The largest absolute Gasteiger partial charge is 0.496 e. The molecular formula is C14H18N2O3. The molecule has 19 heavy (non-hydrogen) atoms. The van der Waals surface area contributed by atoms with Crippen molar-refractivity contribution in [2.45, 2.75) is 25.8 Å². The number of benzene rings is 1. The van der Waals surface area contributed by atoms with Crippen LogP contribution in [0.2, 0.25) is 0 Å². The summed E-state index contributed by atoms with van der Waals surface area (Å²) in [7, 11) is 1.52. The molecule has 1 aliphatic rings. The summed E-state index contributed by atoms with van der Waals surface area (Å²) in [5.41, 5.74) is 1.41. The van der Waals surface area contributed by atoms with Crippen LogP contribution in [0.3, 0.4) is 0 Å². The van der Waals surface area contributed by atoms with E-state index >= 15 is 0 Å². The number of ether oxygens (including phenoxy) is 1. The van der Waals surface area contributed by atoms with Crippen molar-refractivity contribution in [1.29, 1.82) is 0 Å². The number of amides is 2. The zero-order chi connectivity index (χ0) is 13.8. The highest BCUT2D eigenvalue weighted by Gasteiger charge is 2.23. The van der Waals surface area contributed by atoms with Crippen molar-refractivity contribution >= 4 is 11.8 Å². The molecule has 5 heteroatoms. The molecule has 1 aromatic rings. The molecule has 0 atom stereocenters. The molecule has 0 aromatic heterocycles. The molecule has 1 saturated carbocycles. The maximum Gasteiger partial charge on any atom is 0.255 e. The van der Waals surface area contributed by atoms with E-state index in [9.17, 15) is 9.59 Å². The molecule has 1 aromatic carbocycles. The van der Waals surface area contributed by atoms with Gasteiger partial charge in [-0.25, -0.2) is 0 Å². The summed E-state index contributed by atoms with van der Waals surface area (Å²) in [6, 6.07) is 5.66. The number of aryl methyl sites for hydroxylation is 1. The third kappa shape index (κ3) is 3.71. The van der Waals surface area contributed by atoms with E-state index in [2.05, 4.69) is 10.6 Å². The second-order valence-corrected chi connectivity index (χ2v) is 4.73. The van der Waals surface area contributed by atoms with Gasteiger partial charge in [-0.05, 0) is 31.9 Å². The van der Waals surface area contributed by atoms with Crippen LogP contribution in [0, 0.1) is 6.92 Å². The normalized spacial score (nSPS) is 13.8. The van der Waals surface area contributed by atoms with E-state index < -0.39 is 0 Å². The van der Waals surface area contributed by atoms with Gasteiger partial charge < -0.3 is 15.4 Å². The Morgan fingerprint density at radius 1 is 1.37 bits per heavy atom. The van der Waals surface area contributed by atoms with Crippen LogP contribution in [0.4, 0.5) is 0 Å². The lowest BCUT2D eigenvalue weighted by atomic mass is 10.1. The fraction of sp³-hybridized carbons (Fsp3) is 0.429. The number of carbonyl (C=O) groups is 2. The summed E-state index contributed by atoms with van der Waals surface area (Å²) in [5, 5.41) is 5.42. The quantitative estimate of drug-likeness (QED) is 0.832. The lowest BCUT2D eigenvalue weighted by molar-refractivity contribution is -0.120. The molecule has 0 heterocycles. The van der Waals surface area contributed by atoms with E-state index in [1.165, 1.54) is 7.11 Å². The first-order valence-corrected chi connectivity index (χ1v) is 6.32. The summed E-state index contributed by atoms with van der Waals surface area (Å²) < 4.78 is 5.14. The number of hydrogen-bond donors (Lipinski definition) is 2. The molecule has 0 spiro atoms. The van der Waals surface area contributed by atoms with Crippen LogP contribution < -0.4 is 15.4 Å². The van der Waals surface area contributed by atoms with Crippen LogP contribution in [0.25, 0.3) is 0 Å². The highest BCUT2D eigenvalue weighted by atomic mass is 16.5. The van der Waals surface area contributed by atoms with Crippen molar-refractivity contribution in [2.24, 2.45) is 0 Å². The average Bonchev–Trinajstić information content (AvgIpc) is 3.19. The molecule has 0 radical (unpaired) electrons. The Bertz CT molecular complexity index is 495.